The molecule has 0 aliphatic carbocycles. The maximum atomic E-state index is 13.5. The molecule has 1 aromatic heterocycles. The molecule has 1 heterocycles. The van der Waals surface area contributed by atoms with E-state index < -0.39 is 11.5 Å². The molecule has 0 saturated heterocycles. The summed E-state index contributed by atoms with van der Waals surface area (Å²) in [6.07, 6.45) is 1.41. The van der Waals surface area contributed by atoms with E-state index in [0.29, 0.717) is 26.9 Å². The van der Waals surface area contributed by atoms with Gasteiger partial charge in [0.2, 0.25) is 5.63 Å². The summed E-state index contributed by atoms with van der Waals surface area (Å²) in [6.45, 7) is 0. The van der Waals surface area contributed by atoms with Gasteiger partial charge in [0.05, 0.1) is 5.56 Å². The Labute approximate surface area is 164 Å². The first-order chi connectivity index (χ1) is 12.4. The first-order valence-corrected chi connectivity index (χ1v) is 8.73. The van der Waals surface area contributed by atoms with Crippen molar-refractivity contribution in [1.82, 2.24) is 9.78 Å². The second-order valence-corrected chi connectivity index (χ2v) is 6.75. The number of hydrogen-bond donors (Lipinski definition) is 1. The Bertz CT molecular complexity index is 972. The molecule has 1 amide bonds. The molecule has 8 heteroatoms. The highest BCUT2D eigenvalue weighted by Crippen LogP contribution is 2.35. The van der Waals surface area contributed by atoms with Gasteiger partial charge in [0, 0.05) is 40.1 Å². The highest BCUT2D eigenvalue weighted by atomic mass is 35.5. The Hall–Kier alpha value is -2.08. The third-order valence-corrected chi connectivity index (χ3v) is 4.46. The van der Waals surface area contributed by atoms with Gasteiger partial charge in [-0.05, 0) is 18.2 Å². The lowest BCUT2D eigenvalue weighted by molar-refractivity contribution is 0.102. The van der Waals surface area contributed by atoms with Gasteiger partial charge < -0.3 is 5.32 Å². The lowest BCUT2D eigenvalue weighted by Crippen LogP contribution is -2.14. The number of rotatable bonds is 4. The van der Waals surface area contributed by atoms with Crippen LogP contribution in [-0.4, -0.2) is 15.7 Å². The number of anilines is 1. The van der Waals surface area contributed by atoms with Gasteiger partial charge in [-0.2, -0.15) is 5.10 Å². The van der Waals surface area contributed by atoms with Gasteiger partial charge >= 0.3 is 0 Å². The van der Waals surface area contributed by atoms with Crippen LogP contribution in [0.5, 0.6) is 0 Å². The van der Waals surface area contributed by atoms with Gasteiger partial charge in [-0.3, -0.25) is 9.48 Å². The van der Waals surface area contributed by atoms with E-state index in [1.165, 1.54) is 10.9 Å². The summed E-state index contributed by atoms with van der Waals surface area (Å²) in [5.74, 6) is -0.520. The van der Waals surface area contributed by atoms with Crippen LogP contribution >= 0.6 is 34.8 Å². The van der Waals surface area contributed by atoms with Gasteiger partial charge in [0.15, 0.2) is 0 Å². The lowest BCUT2D eigenvalue weighted by atomic mass is 10.0. The van der Waals surface area contributed by atoms with Crippen LogP contribution in [0.15, 0.2) is 48.7 Å². The van der Waals surface area contributed by atoms with Gasteiger partial charge in [0.25, 0.3) is 5.91 Å². The third-order valence-electron chi connectivity index (χ3n) is 3.71. The van der Waals surface area contributed by atoms with E-state index in [1.807, 2.05) is 12.1 Å². The van der Waals surface area contributed by atoms with Crippen LogP contribution in [0, 0.1) is 0 Å². The van der Waals surface area contributed by atoms with Crippen LogP contribution in [-0.2, 0) is 7.05 Å². The summed E-state index contributed by atoms with van der Waals surface area (Å²) < 4.78 is 14.9. The largest absolute Gasteiger partial charge is 0.321 e. The van der Waals surface area contributed by atoms with Crippen LogP contribution in [0.2, 0.25) is 10.0 Å². The molecule has 26 heavy (non-hydrogen) atoms. The fourth-order valence-electron chi connectivity index (χ4n) is 2.57. The smallest absolute Gasteiger partial charge is 0.259 e. The molecule has 4 nitrogen and oxygen atoms in total. The number of aromatic nitrogens is 2. The van der Waals surface area contributed by atoms with E-state index >= 15 is 0 Å². The van der Waals surface area contributed by atoms with E-state index in [0.717, 1.165) is 0 Å². The molecule has 0 aliphatic heterocycles. The Morgan fingerprint density at radius 3 is 2.62 bits per heavy atom. The van der Waals surface area contributed by atoms with Crippen molar-refractivity contribution in [3.8, 4) is 11.1 Å². The Morgan fingerprint density at radius 2 is 1.92 bits per heavy atom. The maximum Gasteiger partial charge on any atom is 0.259 e. The van der Waals surface area contributed by atoms with Gasteiger partial charge in [-0.25, -0.2) is 4.39 Å². The fourth-order valence-corrected chi connectivity index (χ4v) is 3.24. The van der Waals surface area contributed by atoms with E-state index in [-0.39, 0.29) is 11.3 Å². The summed E-state index contributed by atoms with van der Waals surface area (Å²) in [5, 5.41) is 7.62. The Balaban J connectivity index is 1.98. The number of amides is 1. The van der Waals surface area contributed by atoms with E-state index in [1.54, 1.807) is 37.4 Å². The molecule has 3 aromatic rings. The first kappa shape index (κ1) is 18.7. The number of alkyl halides is 2. The molecule has 0 bridgehead atoms. The molecule has 3 rings (SSSR count). The predicted molar refractivity (Wildman–Crippen MR) is 103 cm³/mol. The average molecular weight is 413 g/mol. The molecule has 1 unspecified atom stereocenters. The molecule has 0 aliphatic rings. The SMILES string of the molecule is Cn1cc(C(=O)Nc2ccccc2-c2ccc(Cl)cc2Cl)c(C(F)Cl)n1. The fraction of sp³-hybridized carbons (Fsp3) is 0.111. The highest BCUT2D eigenvalue weighted by Gasteiger charge is 2.22. The van der Waals surface area contributed by atoms with E-state index in [4.69, 9.17) is 34.8 Å². The minimum atomic E-state index is -1.88. The number of nitrogens with zero attached hydrogens (tertiary/aromatic N) is 2. The number of aryl methyl sites for hydroxylation is 1. The number of nitrogens with one attached hydrogen (secondary N) is 1. The summed E-state index contributed by atoms with van der Waals surface area (Å²) >= 11 is 17.7. The van der Waals surface area contributed by atoms with Crippen LogP contribution in [0.25, 0.3) is 11.1 Å². The summed E-state index contributed by atoms with van der Waals surface area (Å²) in [5.41, 5.74) is -0.0187. The molecule has 134 valence electrons. The second-order valence-electron chi connectivity index (χ2n) is 5.53. The Kier molecular flexibility index (Phi) is 5.51. The minimum absolute atomic E-state index is 0.0620. The zero-order chi connectivity index (χ0) is 18.8. The van der Waals surface area contributed by atoms with Crippen molar-refractivity contribution < 1.29 is 9.18 Å². The van der Waals surface area contributed by atoms with E-state index in [9.17, 15) is 9.18 Å². The molecule has 2 aromatic carbocycles. The molecular weight excluding hydrogens is 400 g/mol. The topological polar surface area (TPSA) is 46.9 Å². The number of benzene rings is 2. The number of carbonyl (C=O) groups is 1. The van der Waals surface area contributed by atoms with Crippen molar-refractivity contribution in [2.75, 3.05) is 5.32 Å². The normalized spacial score (nSPS) is 12.0. The zero-order valence-electron chi connectivity index (χ0n) is 13.5. The summed E-state index contributed by atoms with van der Waals surface area (Å²) in [7, 11) is 1.58. The van der Waals surface area contributed by atoms with Crippen molar-refractivity contribution in [3.05, 3.63) is 70.0 Å². The first-order valence-electron chi connectivity index (χ1n) is 7.54. The molecular formula is C18H13Cl3FN3O. The summed E-state index contributed by atoms with van der Waals surface area (Å²) in [6, 6.07) is 12.2. The molecule has 0 radical (unpaired) electrons. The highest BCUT2D eigenvalue weighted by molar-refractivity contribution is 6.36. The van der Waals surface area contributed by atoms with E-state index in [2.05, 4.69) is 10.4 Å². The molecule has 0 saturated carbocycles. The van der Waals surface area contributed by atoms with Gasteiger partial charge in [0.1, 0.15) is 5.69 Å². The van der Waals surface area contributed by atoms with Crippen LogP contribution < -0.4 is 5.32 Å². The number of para-hydroxylation sites is 1. The number of halogens is 4. The standard InChI is InChI=1S/C18H13Cl3FN3O/c1-25-9-13(16(24-25)17(21)22)18(26)23-15-5-3-2-4-12(15)11-7-6-10(19)8-14(11)20/h2-9,17H,1H3,(H,23,26). The van der Waals surface area contributed by atoms with Gasteiger partial charge in [-0.1, -0.05) is 59.1 Å². The quantitative estimate of drug-likeness (QED) is 0.546. The minimum Gasteiger partial charge on any atom is -0.321 e. The lowest BCUT2D eigenvalue weighted by Gasteiger charge is -2.13. The predicted octanol–water partition coefficient (Wildman–Crippen LogP) is 5.85. The van der Waals surface area contributed by atoms with Crippen molar-refractivity contribution in [2.24, 2.45) is 7.05 Å². The van der Waals surface area contributed by atoms with Crippen molar-refractivity contribution in [1.29, 1.82) is 0 Å². The Morgan fingerprint density at radius 1 is 1.19 bits per heavy atom. The average Bonchev–Trinajstić information content (AvgIpc) is 2.98. The summed E-state index contributed by atoms with van der Waals surface area (Å²) in [4.78, 5) is 12.6. The molecule has 1 N–H and O–H groups in total. The molecule has 0 fully saturated rings. The molecule has 1 atom stereocenters. The van der Waals surface area contributed by atoms with Crippen molar-refractivity contribution in [2.45, 2.75) is 5.63 Å². The van der Waals surface area contributed by atoms with Crippen LogP contribution in [0.4, 0.5) is 10.1 Å². The van der Waals surface area contributed by atoms with Crippen molar-refractivity contribution in [3.63, 3.8) is 0 Å². The monoisotopic (exact) mass is 411 g/mol. The molecule has 0 spiro atoms. The number of hydrogen-bond acceptors (Lipinski definition) is 2. The third kappa shape index (κ3) is 3.85. The van der Waals surface area contributed by atoms with Crippen molar-refractivity contribution >= 4 is 46.4 Å². The number of carbonyl (C=O) groups excluding carboxylic acids is 1. The second kappa shape index (κ2) is 7.66. The maximum absolute atomic E-state index is 13.5. The van der Waals surface area contributed by atoms with Crippen LogP contribution in [0.3, 0.4) is 0 Å². The zero-order valence-corrected chi connectivity index (χ0v) is 15.8. The van der Waals surface area contributed by atoms with Crippen LogP contribution in [0.1, 0.15) is 21.7 Å². The van der Waals surface area contributed by atoms with Gasteiger partial charge in [-0.15, -0.1) is 0 Å².